The van der Waals surface area contributed by atoms with E-state index >= 15 is 0 Å². The van der Waals surface area contributed by atoms with E-state index in [9.17, 15) is 0 Å². The van der Waals surface area contributed by atoms with Crippen molar-refractivity contribution in [3.63, 3.8) is 0 Å². The second-order valence-corrected chi connectivity index (χ2v) is 5.04. The molecule has 1 aliphatic heterocycles. The first-order chi connectivity index (χ1) is 8.45. The van der Waals surface area contributed by atoms with Gasteiger partial charge in [0.05, 0.1) is 6.10 Å². The highest BCUT2D eigenvalue weighted by Crippen LogP contribution is 2.20. The number of methoxy groups -OCH3 is 1. The lowest BCUT2D eigenvalue weighted by Crippen LogP contribution is -2.59. The minimum Gasteiger partial charge on any atom is -0.380 e. The molecule has 1 atom stereocenters. The minimum atomic E-state index is 0.278. The van der Waals surface area contributed by atoms with Gasteiger partial charge in [0.25, 0.3) is 0 Å². The Morgan fingerprint density at radius 3 is 2.00 bits per heavy atom. The van der Waals surface area contributed by atoms with E-state index in [0.717, 1.165) is 19.6 Å². The summed E-state index contributed by atoms with van der Waals surface area (Å²) in [6, 6.07) is 0. The summed E-state index contributed by atoms with van der Waals surface area (Å²) in [4.78, 5) is 4.93. The second kappa shape index (κ2) is 10.8. The summed E-state index contributed by atoms with van der Waals surface area (Å²) in [6.07, 6.45) is 0.331. The zero-order valence-corrected chi connectivity index (χ0v) is 14.2. The van der Waals surface area contributed by atoms with Crippen molar-refractivity contribution in [1.82, 2.24) is 9.80 Å². The molecule has 1 saturated heterocycles. The lowest BCUT2D eigenvalue weighted by Gasteiger charge is -2.46. The van der Waals surface area contributed by atoms with Crippen LogP contribution in [0.1, 0.15) is 48.5 Å². The van der Waals surface area contributed by atoms with Gasteiger partial charge in [0.15, 0.2) is 0 Å². The fraction of sp³-hybridized carbons (Fsp3) is 1.00. The lowest BCUT2D eigenvalue weighted by molar-refractivity contribution is -0.00954. The molecule has 0 N–H and O–H groups in total. The van der Waals surface area contributed by atoms with Gasteiger partial charge in [0, 0.05) is 38.8 Å². The van der Waals surface area contributed by atoms with Gasteiger partial charge in [0.2, 0.25) is 0 Å². The van der Waals surface area contributed by atoms with Crippen molar-refractivity contribution in [3.05, 3.63) is 0 Å². The Balaban J connectivity index is 0. The third-order valence-electron chi connectivity index (χ3n) is 3.14. The summed E-state index contributed by atoms with van der Waals surface area (Å²) in [5.41, 5.74) is 0.278. The molecule has 1 aliphatic rings. The normalized spacial score (nSPS) is 21.2. The van der Waals surface area contributed by atoms with Crippen molar-refractivity contribution in [3.8, 4) is 0 Å². The van der Waals surface area contributed by atoms with Gasteiger partial charge < -0.3 is 9.64 Å². The number of likely N-dealkylation sites (N-methyl/N-ethyl adjacent to an activating group) is 1. The zero-order chi connectivity index (χ0) is 14.8. The summed E-state index contributed by atoms with van der Waals surface area (Å²) in [6.45, 7) is 19.3. The highest BCUT2D eigenvalue weighted by atomic mass is 16.5. The van der Waals surface area contributed by atoms with Gasteiger partial charge in [0.1, 0.15) is 0 Å². The minimum absolute atomic E-state index is 0.278. The smallest absolute Gasteiger partial charge is 0.0670 e. The Morgan fingerprint density at radius 1 is 1.11 bits per heavy atom. The fourth-order valence-electron chi connectivity index (χ4n) is 2.16. The Labute approximate surface area is 115 Å². The predicted molar refractivity (Wildman–Crippen MR) is 82.3 cm³/mol. The van der Waals surface area contributed by atoms with Crippen LogP contribution in [0.4, 0.5) is 0 Å². The van der Waals surface area contributed by atoms with Gasteiger partial charge in [-0.15, -0.1) is 0 Å². The van der Waals surface area contributed by atoms with Gasteiger partial charge in [-0.1, -0.05) is 27.7 Å². The van der Waals surface area contributed by atoms with E-state index in [1.165, 1.54) is 6.54 Å². The average Bonchev–Trinajstić information content (AvgIpc) is 2.37. The third-order valence-corrected chi connectivity index (χ3v) is 3.14. The summed E-state index contributed by atoms with van der Waals surface area (Å²) in [7, 11) is 3.98. The summed E-state index contributed by atoms with van der Waals surface area (Å²) in [5, 5.41) is 0. The van der Waals surface area contributed by atoms with Crippen LogP contribution in [0.5, 0.6) is 0 Å². The Hall–Kier alpha value is -0.120. The van der Waals surface area contributed by atoms with E-state index in [0.29, 0.717) is 6.10 Å². The van der Waals surface area contributed by atoms with E-state index in [2.05, 4.69) is 37.6 Å². The molecule has 0 saturated carbocycles. The number of nitrogens with zero attached hydrogens (tertiary/aromatic N) is 2. The van der Waals surface area contributed by atoms with Crippen molar-refractivity contribution < 1.29 is 4.74 Å². The first-order valence-corrected chi connectivity index (χ1v) is 7.42. The van der Waals surface area contributed by atoms with Crippen molar-refractivity contribution in [2.45, 2.75) is 60.1 Å². The molecule has 1 fully saturated rings. The lowest BCUT2D eigenvalue weighted by atomic mass is 9.98. The SMILES string of the molecule is CC.CC.COC(C)CN1CCN(C)CC1(C)C. The number of rotatable bonds is 3. The average molecular weight is 260 g/mol. The maximum absolute atomic E-state index is 5.32. The molecule has 1 heterocycles. The molecule has 3 nitrogen and oxygen atoms in total. The molecular weight excluding hydrogens is 224 g/mol. The van der Waals surface area contributed by atoms with Crippen LogP contribution in [0, 0.1) is 0 Å². The van der Waals surface area contributed by atoms with Gasteiger partial charge in [-0.3, -0.25) is 4.90 Å². The van der Waals surface area contributed by atoms with Crippen LogP contribution in [0.3, 0.4) is 0 Å². The molecule has 0 aromatic heterocycles. The molecule has 0 aromatic carbocycles. The quantitative estimate of drug-likeness (QED) is 0.775. The molecule has 0 aromatic rings. The highest BCUT2D eigenvalue weighted by molar-refractivity contribution is 4.89. The first-order valence-electron chi connectivity index (χ1n) is 7.42. The van der Waals surface area contributed by atoms with E-state index < -0.39 is 0 Å². The van der Waals surface area contributed by atoms with E-state index in [-0.39, 0.29) is 5.54 Å². The zero-order valence-electron chi connectivity index (χ0n) is 14.2. The van der Waals surface area contributed by atoms with Gasteiger partial charge in [-0.25, -0.2) is 0 Å². The van der Waals surface area contributed by atoms with Gasteiger partial charge in [-0.05, 0) is 27.8 Å². The van der Waals surface area contributed by atoms with E-state index in [4.69, 9.17) is 4.74 Å². The largest absolute Gasteiger partial charge is 0.380 e. The summed E-state index contributed by atoms with van der Waals surface area (Å²) < 4.78 is 5.32. The predicted octanol–water partition coefficient (Wildman–Crippen LogP) is 3.10. The van der Waals surface area contributed by atoms with Crippen molar-refractivity contribution >= 4 is 0 Å². The van der Waals surface area contributed by atoms with Gasteiger partial charge >= 0.3 is 0 Å². The molecule has 0 amide bonds. The molecule has 1 unspecified atom stereocenters. The molecular formula is C15H36N2O. The fourth-order valence-corrected chi connectivity index (χ4v) is 2.16. The topological polar surface area (TPSA) is 15.7 Å². The summed E-state index contributed by atoms with van der Waals surface area (Å²) in [5.74, 6) is 0. The number of hydrogen-bond donors (Lipinski definition) is 0. The van der Waals surface area contributed by atoms with Crippen LogP contribution in [-0.2, 0) is 4.74 Å². The monoisotopic (exact) mass is 260 g/mol. The van der Waals surface area contributed by atoms with E-state index in [1.807, 2.05) is 27.7 Å². The third kappa shape index (κ3) is 7.34. The van der Waals surface area contributed by atoms with Crippen LogP contribution in [0.15, 0.2) is 0 Å². The maximum atomic E-state index is 5.32. The molecule has 112 valence electrons. The van der Waals surface area contributed by atoms with E-state index in [1.54, 1.807) is 7.11 Å². The summed E-state index contributed by atoms with van der Waals surface area (Å²) >= 11 is 0. The van der Waals surface area contributed by atoms with Gasteiger partial charge in [-0.2, -0.15) is 0 Å². The Bertz CT molecular complexity index is 183. The standard InChI is InChI=1S/C11H24N2O.2C2H6/c1-10(14-5)8-13-7-6-12(4)9-11(13,2)3;2*1-2/h10H,6-9H2,1-5H3;2*1-2H3. The number of hydrogen-bond acceptors (Lipinski definition) is 3. The van der Waals surface area contributed by atoms with Crippen molar-refractivity contribution in [1.29, 1.82) is 0 Å². The van der Waals surface area contributed by atoms with Crippen LogP contribution < -0.4 is 0 Å². The van der Waals surface area contributed by atoms with Crippen LogP contribution in [-0.4, -0.2) is 61.8 Å². The Kier molecular flexibility index (Phi) is 12.1. The Morgan fingerprint density at radius 2 is 1.61 bits per heavy atom. The maximum Gasteiger partial charge on any atom is 0.0670 e. The second-order valence-electron chi connectivity index (χ2n) is 5.04. The first kappa shape index (κ1) is 20.2. The number of piperazine rings is 1. The van der Waals surface area contributed by atoms with Crippen LogP contribution in [0.2, 0.25) is 0 Å². The van der Waals surface area contributed by atoms with Crippen LogP contribution >= 0.6 is 0 Å². The van der Waals surface area contributed by atoms with Crippen molar-refractivity contribution in [2.24, 2.45) is 0 Å². The highest BCUT2D eigenvalue weighted by Gasteiger charge is 2.32. The molecule has 18 heavy (non-hydrogen) atoms. The molecule has 0 aliphatic carbocycles. The van der Waals surface area contributed by atoms with Crippen LogP contribution in [0.25, 0.3) is 0 Å². The molecule has 0 bridgehead atoms. The molecule has 1 rings (SSSR count). The number of ether oxygens (including phenoxy) is 1. The molecule has 0 radical (unpaired) electrons. The van der Waals surface area contributed by atoms with Crippen molar-refractivity contribution in [2.75, 3.05) is 40.3 Å². The molecule has 0 spiro atoms. The molecule has 3 heteroatoms.